The molecule has 0 aliphatic heterocycles. The van der Waals surface area contributed by atoms with Gasteiger partial charge in [-0.05, 0) is 26.4 Å². The highest BCUT2D eigenvalue weighted by molar-refractivity contribution is 7.87. The average Bonchev–Trinajstić information content (AvgIpc) is 2.86. The molecule has 7 nitrogen and oxygen atoms in total. The third-order valence-corrected chi connectivity index (χ3v) is 4.58. The molecule has 0 fully saturated rings. The fourth-order valence-electron chi connectivity index (χ4n) is 1.82. The number of hydrogen-bond acceptors (Lipinski definition) is 4. The maximum Gasteiger partial charge on any atom is 0.279 e. The largest absolute Gasteiger partial charge is 0.336 e. The molecule has 1 unspecified atom stereocenters. The van der Waals surface area contributed by atoms with E-state index < -0.39 is 10.2 Å². The van der Waals surface area contributed by atoms with Crippen LogP contribution < -0.4 is 10.0 Å². The third kappa shape index (κ3) is 6.00. The summed E-state index contributed by atoms with van der Waals surface area (Å²) in [6.45, 7) is 6.64. The molecule has 116 valence electrons. The molecule has 1 heterocycles. The van der Waals surface area contributed by atoms with Crippen LogP contribution in [-0.2, 0) is 16.8 Å². The molecule has 0 saturated heterocycles. The van der Waals surface area contributed by atoms with Gasteiger partial charge in [0, 0.05) is 38.6 Å². The molecule has 1 aromatic heterocycles. The van der Waals surface area contributed by atoms with Gasteiger partial charge in [-0.2, -0.15) is 17.4 Å². The Morgan fingerprint density at radius 3 is 2.80 bits per heavy atom. The van der Waals surface area contributed by atoms with Gasteiger partial charge in [-0.3, -0.25) is 0 Å². The summed E-state index contributed by atoms with van der Waals surface area (Å²) in [6.07, 6.45) is 5.95. The second kappa shape index (κ2) is 8.35. The zero-order chi connectivity index (χ0) is 15.0. The van der Waals surface area contributed by atoms with E-state index in [-0.39, 0.29) is 6.04 Å². The first-order valence-electron chi connectivity index (χ1n) is 6.85. The summed E-state index contributed by atoms with van der Waals surface area (Å²) in [5.41, 5.74) is 0. The molecule has 0 spiro atoms. The molecule has 1 atom stereocenters. The molecular formula is C12H25N5O2S. The van der Waals surface area contributed by atoms with Crippen LogP contribution in [0.4, 0.5) is 0 Å². The van der Waals surface area contributed by atoms with Gasteiger partial charge in [0.05, 0.1) is 6.33 Å². The van der Waals surface area contributed by atoms with Crippen molar-refractivity contribution in [2.75, 3.05) is 26.7 Å². The monoisotopic (exact) mass is 303 g/mol. The summed E-state index contributed by atoms with van der Waals surface area (Å²) in [4.78, 5) is 3.93. The van der Waals surface area contributed by atoms with E-state index in [0.29, 0.717) is 13.1 Å². The lowest BCUT2D eigenvalue weighted by molar-refractivity contribution is 0.430. The Balaban J connectivity index is 2.39. The van der Waals surface area contributed by atoms with Gasteiger partial charge in [0.15, 0.2) is 0 Å². The number of nitrogens with one attached hydrogen (secondary N) is 2. The van der Waals surface area contributed by atoms with Gasteiger partial charge >= 0.3 is 0 Å². The van der Waals surface area contributed by atoms with Gasteiger partial charge < -0.3 is 9.88 Å². The number of imidazole rings is 1. The van der Waals surface area contributed by atoms with E-state index in [1.165, 1.54) is 4.31 Å². The van der Waals surface area contributed by atoms with Crippen LogP contribution in [0, 0.1) is 0 Å². The summed E-state index contributed by atoms with van der Waals surface area (Å²) in [5, 5.41) is 3.17. The van der Waals surface area contributed by atoms with Crippen molar-refractivity contribution in [3.8, 4) is 0 Å². The van der Waals surface area contributed by atoms with Crippen LogP contribution in [0.15, 0.2) is 18.7 Å². The molecule has 1 rings (SSSR count). The predicted octanol–water partition coefficient (Wildman–Crippen LogP) is 0.0374. The number of rotatable bonds is 10. The topological polar surface area (TPSA) is 79.3 Å². The first kappa shape index (κ1) is 17.1. The van der Waals surface area contributed by atoms with E-state index >= 15 is 0 Å². The van der Waals surface area contributed by atoms with Gasteiger partial charge in [-0.1, -0.05) is 6.92 Å². The quantitative estimate of drug-likeness (QED) is 0.598. The van der Waals surface area contributed by atoms with Crippen molar-refractivity contribution in [3.05, 3.63) is 18.7 Å². The molecule has 0 bridgehead atoms. The Morgan fingerprint density at radius 2 is 2.20 bits per heavy atom. The normalized spacial score (nSPS) is 13.8. The summed E-state index contributed by atoms with van der Waals surface area (Å²) in [5.74, 6) is 0. The fourth-order valence-corrected chi connectivity index (χ4v) is 2.95. The molecule has 20 heavy (non-hydrogen) atoms. The molecule has 0 aliphatic rings. The minimum Gasteiger partial charge on any atom is -0.336 e. The van der Waals surface area contributed by atoms with E-state index in [1.807, 2.05) is 24.6 Å². The van der Waals surface area contributed by atoms with Gasteiger partial charge in [0.1, 0.15) is 0 Å². The van der Waals surface area contributed by atoms with Gasteiger partial charge in [0.2, 0.25) is 0 Å². The number of aromatic nitrogens is 2. The Kier molecular flexibility index (Phi) is 7.14. The van der Waals surface area contributed by atoms with Crippen molar-refractivity contribution in [1.82, 2.24) is 23.9 Å². The Bertz CT molecular complexity index is 460. The molecule has 0 saturated carbocycles. The van der Waals surface area contributed by atoms with E-state index in [1.54, 1.807) is 19.6 Å². The molecule has 0 aliphatic carbocycles. The minimum atomic E-state index is -3.43. The Hall–Kier alpha value is -0.960. The van der Waals surface area contributed by atoms with Crippen LogP contribution in [0.5, 0.6) is 0 Å². The van der Waals surface area contributed by atoms with Crippen molar-refractivity contribution in [3.63, 3.8) is 0 Å². The van der Waals surface area contributed by atoms with Crippen LogP contribution >= 0.6 is 0 Å². The Morgan fingerprint density at radius 1 is 1.45 bits per heavy atom. The molecule has 0 amide bonds. The SMILES string of the molecule is CCNCCCN(C)S(=O)(=O)NC(C)Cn1ccnc1. The molecule has 1 aromatic rings. The lowest BCUT2D eigenvalue weighted by Gasteiger charge is -2.21. The molecule has 0 aromatic carbocycles. The van der Waals surface area contributed by atoms with Crippen molar-refractivity contribution in [2.24, 2.45) is 0 Å². The van der Waals surface area contributed by atoms with Crippen molar-refractivity contribution in [1.29, 1.82) is 0 Å². The highest BCUT2D eigenvalue weighted by Crippen LogP contribution is 1.99. The summed E-state index contributed by atoms with van der Waals surface area (Å²) in [7, 11) is -1.83. The predicted molar refractivity (Wildman–Crippen MR) is 79.5 cm³/mol. The van der Waals surface area contributed by atoms with Crippen LogP contribution in [0.1, 0.15) is 20.3 Å². The summed E-state index contributed by atoms with van der Waals surface area (Å²) < 4.78 is 30.1. The second-order valence-electron chi connectivity index (χ2n) is 4.81. The number of hydrogen-bond donors (Lipinski definition) is 2. The van der Waals surface area contributed by atoms with Crippen LogP contribution in [-0.4, -0.2) is 55.0 Å². The lowest BCUT2D eigenvalue weighted by Crippen LogP contribution is -2.44. The standard InChI is InChI=1S/C12H25N5O2S/c1-4-13-6-5-8-16(3)20(18,19)15-12(2)10-17-9-7-14-11-17/h7,9,11-13,15H,4-6,8,10H2,1-3H3. The molecule has 2 N–H and O–H groups in total. The van der Waals surface area contributed by atoms with E-state index in [2.05, 4.69) is 15.0 Å². The average molecular weight is 303 g/mol. The van der Waals surface area contributed by atoms with E-state index in [0.717, 1.165) is 19.5 Å². The van der Waals surface area contributed by atoms with Gasteiger partial charge in [-0.25, -0.2) is 4.98 Å². The zero-order valence-corrected chi connectivity index (χ0v) is 13.2. The van der Waals surface area contributed by atoms with E-state index in [4.69, 9.17) is 0 Å². The molecule has 0 radical (unpaired) electrons. The smallest absolute Gasteiger partial charge is 0.279 e. The van der Waals surface area contributed by atoms with Crippen molar-refractivity contribution < 1.29 is 8.42 Å². The Labute approximate surface area is 121 Å². The second-order valence-corrected chi connectivity index (χ2v) is 6.62. The van der Waals surface area contributed by atoms with Gasteiger partial charge in [-0.15, -0.1) is 0 Å². The maximum atomic E-state index is 12.1. The van der Waals surface area contributed by atoms with Crippen molar-refractivity contribution >= 4 is 10.2 Å². The number of nitrogens with zero attached hydrogens (tertiary/aromatic N) is 3. The van der Waals surface area contributed by atoms with Crippen LogP contribution in [0.2, 0.25) is 0 Å². The van der Waals surface area contributed by atoms with Crippen LogP contribution in [0.3, 0.4) is 0 Å². The highest BCUT2D eigenvalue weighted by atomic mass is 32.2. The first-order valence-corrected chi connectivity index (χ1v) is 8.29. The summed E-state index contributed by atoms with van der Waals surface area (Å²) in [6, 6.07) is -0.189. The third-order valence-electron chi connectivity index (χ3n) is 2.88. The fraction of sp³-hybridized carbons (Fsp3) is 0.750. The van der Waals surface area contributed by atoms with Crippen molar-refractivity contribution in [2.45, 2.75) is 32.9 Å². The van der Waals surface area contributed by atoms with E-state index in [9.17, 15) is 8.42 Å². The van der Waals surface area contributed by atoms with Gasteiger partial charge in [0.25, 0.3) is 10.2 Å². The molecule has 8 heteroatoms. The summed E-state index contributed by atoms with van der Waals surface area (Å²) >= 11 is 0. The lowest BCUT2D eigenvalue weighted by atomic mass is 10.4. The minimum absolute atomic E-state index is 0.189. The highest BCUT2D eigenvalue weighted by Gasteiger charge is 2.19. The molecular weight excluding hydrogens is 278 g/mol. The first-order chi connectivity index (χ1) is 9.45. The van der Waals surface area contributed by atoms with Crippen LogP contribution in [0.25, 0.3) is 0 Å². The zero-order valence-electron chi connectivity index (χ0n) is 12.4. The maximum absolute atomic E-state index is 12.1.